The van der Waals surface area contributed by atoms with Crippen molar-refractivity contribution in [3.05, 3.63) is 70.5 Å². The van der Waals surface area contributed by atoms with Gasteiger partial charge in [-0.15, -0.1) is 0 Å². The van der Waals surface area contributed by atoms with Crippen molar-refractivity contribution in [1.82, 2.24) is 9.80 Å². The predicted molar refractivity (Wildman–Crippen MR) is 101 cm³/mol. The molecule has 2 aromatic rings. The lowest BCUT2D eigenvalue weighted by atomic mass is 10.0. The lowest BCUT2D eigenvalue weighted by Gasteiger charge is -2.35. The van der Waals surface area contributed by atoms with E-state index in [0.717, 1.165) is 24.2 Å². The number of rotatable bonds is 5. The van der Waals surface area contributed by atoms with Crippen molar-refractivity contribution >= 4 is 17.5 Å². The van der Waals surface area contributed by atoms with Gasteiger partial charge in [0, 0.05) is 50.2 Å². The number of nitrogens with zero attached hydrogens (tertiary/aromatic N) is 2. The van der Waals surface area contributed by atoms with E-state index < -0.39 is 0 Å². The number of nitrogens with two attached hydrogens (primary N) is 1. The molecule has 0 radical (unpaired) electrons. The first-order valence-electron chi connectivity index (χ1n) is 8.77. The molecule has 1 unspecified atom stereocenters. The Labute approximate surface area is 158 Å². The van der Waals surface area contributed by atoms with Gasteiger partial charge >= 0.3 is 0 Å². The number of hydrogen-bond donors (Lipinski definition) is 1. The number of amides is 1. The average molecular weight is 376 g/mol. The Morgan fingerprint density at radius 3 is 2.46 bits per heavy atom. The van der Waals surface area contributed by atoms with Crippen LogP contribution in [-0.4, -0.2) is 41.9 Å². The van der Waals surface area contributed by atoms with Gasteiger partial charge in [0.25, 0.3) is 0 Å². The number of carbonyl (C=O) groups excluding carboxylic acids is 1. The Kier molecular flexibility index (Phi) is 6.25. The highest BCUT2D eigenvalue weighted by molar-refractivity contribution is 6.31. The Bertz CT molecular complexity index is 748. The molecule has 1 aliphatic rings. The third kappa shape index (κ3) is 4.81. The van der Waals surface area contributed by atoms with Gasteiger partial charge in [0.15, 0.2) is 0 Å². The highest BCUT2D eigenvalue weighted by Crippen LogP contribution is 2.20. The van der Waals surface area contributed by atoms with Gasteiger partial charge in [-0.25, -0.2) is 4.39 Å². The first-order valence-corrected chi connectivity index (χ1v) is 9.15. The van der Waals surface area contributed by atoms with Crippen LogP contribution in [0.5, 0.6) is 0 Å². The van der Waals surface area contributed by atoms with E-state index in [1.165, 1.54) is 12.1 Å². The van der Waals surface area contributed by atoms with Gasteiger partial charge in [0.1, 0.15) is 5.82 Å². The van der Waals surface area contributed by atoms with E-state index in [4.69, 9.17) is 17.3 Å². The second-order valence-corrected chi connectivity index (χ2v) is 7.02. The van der Waals surface area contributed by atoms with Crippen LogP contribution in [0.4, 0.5) is 4.39 Å². The molecule has 2 N–H and O–H groups in total. The highest BCUT2D eigenvalue weighted by Gasteiger charge is 2.23. The average Bonchev–Trinajstić information content (AvgIpc) is 2.65. The number of hydrogen-bond acceptors (Lipinski definition) is 3. The first kappa shape index (κ1) is 18.8. The summed E-state index contributed by atoms with van der Waals surface area (Å²) >= 11 is 6.10. The van der Waals surface area contributed by atoms with Crippen molar-refractivity contribution in [2.45, 2.75) is 19.0 Å². The summed E-state index contributed by atoms with van der Waals surface area (Å²) in [4.78, 5) is 16.6. The summed E-state index contributed by atoms with van der Waals surface area (Å²) in [6, 6.07) is 13.9. The van der Waals surface area contributed by atoms with E-state index in [1.807, 2.05) is 35.2 Å². The van der Waals surface area contributed by atoms with Gasteiger partial charge in [0.05, 0.1) is 0 Å². The summed E-state index contributed by atoms with van der Waals surface area (Å²) in [5.41, 5.74) is 8.04. The maximum Gasteiger partial charge on any atom is 0.224 e. The van der Waals surface area contributed by atoms with E-state index in [2.05, 4.69) is 4.90 Å². The minimum atomic E-state index is -0.330. The number of piperazine rings is 1. The quantitative estimate of drug-likeness (QED) is 0.873. The second kappa shape index (κ2) is 8.62. The minimum absolute atomic E-state index is 0.0841. The summed E-state index contributed by atoms with van der Waals surface area (Å²) in [5.74, 6) is -0.246. The molecule has 26 heavy (non-hydrogen) atoms. The van der Waals surface area contributed by atoms with Gasteiger partial charge in [-0.05, 0) is 23.3 Å². The van der Waals surface area contributed by atoms with E-state index in [0.29, 0.717) is 31.1 Å². The fourth-order valence-corrected chi connectivity index (χ4v) is 3.41. The van der Waals surface area contributed by atoms with Crippen LogP contribution >= 0.6 is 11.6 Å². The van der Waals surface area contributed by atoms with Crippen LogP contribution in [0.25, 0.3) is 0 Å². The molecule has 1 fully saturated rings. The number of benzene rings is 2. The summed E-state index contributed by atoms with van der Waals surface area (Å²) in [5, 5.41) is 0.442. The predicted octanol–water partition coefficient (Wildman–Crippen LogP) is 3.21. The Hall–Kier alpha value is -1.95. The van der Waals surface area contributed by atoms with Crippen LogP contribution in [0, 0.1) is 5.82 Å². The fraction of sp³-hybridized carbons (Fsp3) is 0.350. The van der Waals surface area contributed by atoms with Crippen molar-refractivity contribution in [1.29, 1.82) is 0 Å². The Balaban J connectivity index is 1.49. The summed E-state index contributed by atoms with van der Waals surface area (Å²) < 4.78 is 13.1. The molecule has 6 heteroatoms. The molecular formula is C20H23ClFN3O. The van der Waals surface area contributed by atoms with E-state index in [9.17, 15) is 9.18 Å². The zero-order chi connectivity index (χ0) is 18.5. The molecule has 0 spiro atoms. The SMILES string of the molecule is NC(CC(=O)N1CCN(Cc2ccc(F)cc2Cl)CC1)c1ccccc1. The van der Waals surface area contributed by atoms with Crippen LogP contribution in [0.2, 0.25) is 5.02 Å². The topological polar surface area (TPSA) is 49.6 Å². The maximum absolute atomic E-state index is 13.1. The fourth-order valence-electron chi connectivity index (χ4n) is 3.18. The Morgan fingerprint density at radius 2 is 1.81 bits per heavy atom. The highest BCUT2D eigenvalue weighted by atomic mass is 35.5. The number of halogens is 2. The molecule has 4 nitrogen and oxygen atoms in total. The first-order chi connectivity index (χ1) is 12.5. The normalized spacial score (nSPS) is 16.5. The van der Waals surface area contributed by atoms with Crippen LogP contribution < -0.4 is 5.73 Å². The molecule has 1 atom stereocenters. The Morgan fingerprint density at radius 1 is 1.12 bits per heavy atom. The largest absolute Gasteiger partial charge is 0.340 e. The molecular weight excluding hydrogens is 353 g/mol. The maximum atomic E-state index is 13.1. The van der Waals surface area contributed by atoms with Gasteiger partial charge in [-0.3, -0.25) is 9.69 Å². The second-order valence-electron chi connectivity index (χ2n) is 6.61. The van der Waals surface area contributed by atoms with Gasteiger partial charge in [-0.2, -0.15) is 0 Å². The molecule has 3 rings (SSSR count). The zero-order valence-corrected chi connectivity index (χ0v) is 15.3. The van der Waals surface area contributed by atoms with Gasteiger partial charge in [-0.1, -0.05) is 48.0 Å². The van der Waals surface area contributed by atoms with Crippen molar-refractivity contribution in [3.8, 4) is 0 Å². The molecule has 1 saturated heterocycles. The molecule has 0 aromatic heterocycles. The van der Waals surface area contributed by atoms with E-state index in [1.54, 1.807) is 6.07 Å². The minimum Gasteiger partial charge on any atom is -0.340 e. The molecule has 1 aliphatic heterocycles. The molecule has 1 heterocycles. The van der Waals surface area contributed by atoms with Crippen molar-refractivity contribution in [3.63, 3.8) is 0 Å². The lowest BCUT2D eigenvalue weighted by Crippen LogP contribution is -2.48. The van der Waals surface area contributed by atoms with E-state index >= 15 is 0 Å². The van der Waals surface area contributed by atoms with Gasteiger partial charge < -0.3 is 10.6 Å². The molecule has 2 aromatic carbocycles. The monoisotopic (exact) mass is 375 g/mol. The molecule has 0 saturated carbocycles. The molecule has 0 bridgehead atoms. The number of carbonyl (C=O) groups is 1. The zero-order valence-electron chi connectivity index (χ0n) is 14.6. The van der Waals surface area contributed by atoms with Crippen LogP contribution in [-0.2, 0) is 11.3 Å². The van der Waals surface area contributed by atoms with Crippen molar-refractivity contribution < 1.29 is 9.18 Å². The third-order valence-electron chi connectivity index (χ3n) is 4.76. The van der Waals surface area contributed by atoms with Crippen LogP contribution in [0.1, 0.15) is 23.6 Å². The lowest BCUT2D eigenvalue weighted by molar-refractivity contribution is -0.133. The summed E-state index contributed by atoms with van der Waals surface area (Å²) in [7, 11) is 0. The van der Waals surface area contributed by atoms with Crippen LogP contribution in [0.3, 0.4) is 0 Å². The third-order valence-corrected chi connectivity index (χ3v) is 5.11. The van der Waals surface area contributed by atoms with Gasteiger partial charge in [0.2, 0.25) is 5.91 Å². The van der Waals surface area contributed by atoms with Crippen LogP contribution in [0.15, 0.2) is 48.5 Å². The van der Waals surface area contributed by atoms with E-state index in [-0.39, 0.29) is 17.8 Å². The van der Waals surface area contributed by atoms with Crippen molar-refractivity contribution in [2.75, 3.05) is 26.2 Å². The van der Waals surface area contributed by atoms with Crippen molar-refractivity contribution in [2.24, 2.45) is 5.73 Å². The summed E-state index contributed by atoms with van der Waals surface area (Å²) in [6.07, 6.45) is 0.313. The molecule has 138 valence electrons. The standard InChI is InChI=1S/C20H23ClFN3O/c21-18-12-17(22)7-6-16(18)14-24-8-10-25(11-9-24)20(26)13-19(23)15-4-2-1-3-5-15/h1-7,12,19H,8-11,13-14,23H2. The summed E-state index contributed by atoms with van der Waals surface area (Å²) in [6.45, 7) is 3.52. The molecule has 1 amide bonds. The smallest absolute Gasteiger partial charge is 0.224 e. The molecule has 0 aliphatic carbocycles.